The van der Waals surface area contributed by atoms with Crippen LogP contribution >= 0.6 is 0 Å². The van der Waals surface area contributed by atoms with Gasteiger partial charge < -0.3 is 0 Å². The van der Waals surface area contributed by atoms with Crippen molar-refractivity contribution in [3.8, 4) is 0 Å². The molecular formula is C38H78. The van der Waals surface area contributed by atoms with Crippen LogP contribution in [-0.2, 0) is 0 Å². The Balaban J connectivity index is 0.000000501. The van der Waals surface area contributed by atoms with Crippen molar-refractivity contribution >= 4 is 0 Å². The molecule has 0 unspecified atom stereocenters. The van der Waals surface area contributed by atoms with Gasteiger partial charge in [0.05, 0.1) is 0 Å². The second-order valence-electron chi connectivity index (χ2n) is 20.4. The molecule has 0 bridgehead atoms. The second kappa shape index (κ2) is 12.9. The molecule has 0 nitrogen and oxygen atoms in total. The first-order valence-electron chi connectivity index (χ1n) is 16.5. The average Bonchev–Trinajstić information content (AvgIpc) is 3.49. The summed E-state index contributed by atoms with van der Waals surface area (Å²) in [6, 6.07) is 0. The molecular weight excluding hydrogens is 456 g/mol. The zero-order chi connectivity index (χ0) is 30.6. The predicted molar refractivity (Wildman–Crippen MR) is 177 cm³/mol. The van der Waals surface area contributed by atoms with Crippen LogP contribution in [0.3, 0.4) is 0 Å². The first kappa shape index (κ1) is 38.0. The van der Waals surface area contributed by atoms with Gasteiger partial charge in [0.25, 0.3) is 0 Å². The smallest absolute Gasteiger partial charge is 0.0243 e. The number of hydrogen-bond acceptors (Lipinski definition) is 0. The van der Waals surface area contributed by atoms with Gasteiger partial charge in [0.2, 0.25) is 0 Å². The number of hydrogen-bond donors (Lipinski definition) is 0. The molecule has 0 aromatic carbocycles. The molecule has 230 valence electrons. The van der Waals surface area contributed by atoms with Gasteiger partial charge in [0, 0.05) is 0 Å². The highest BCUT2D eigenvalue weighted by Crippen LogP contribution is 2.64. The van der Waals surface area contributed by atoms with Crippen LogP contribution in [-0.4, -0.2) is 0 Å². The van der Waals surface area contributed by atoms with Crippen LogP contribution < -0.4 is 0 Å². The molecule has 0 heterocycles. The minimum atomic E-state index is 0.504. The van der Waals surface area contributed by atoms with E-state index in [4.69, 9.17) is 0 Å². The van der Waals surface area contributed by atoms with Crippen LogP contribution in [0.5, 0.6) is 0 Å². The molecule has 38 heavy (non-hydrogen) atoms. The molecule has 3 saturated carbocycles. The van der Waals surface area contributed by atoms with E-state index in [0.29, 0.717) is 37.9 Å². The molecule has 3 aliphatic carbocycles. The van der Waals surface area contributed by atoms with Gasteiger partial charge in [-0.05, 0) is 107 Å². The third kappa shape index (κ3) is 15.7. The van der Waals surface area contributed by atoms with Crippen molar-refractivity contribution in [2.75, 3.05) is 0 Å². The van der Waals surface area contributed by atoms with Gasteiger partial charge in [-0.1, -0.05) is 138 Å². The molecule has 0 aromatic rings. The molecule has 0 spiro atoms. The van der Waals surface area contributed by atoms with E-state index >= 15 is 0 Å². The fourth-order valence-corrected chi connectivity index (χ4v) is 6.39. The van der Waals surface area contributed by atoms with Crippen molar-refractivity contribution < 1.29 is 0 Å². The van der Waals surface area contributed by atoms with Crippen LogP contribution in [0.1, 0.15) is 196 Å². The highest BCUT2D eigenvalue weighted by molar-refractivity contribution is 5.04. The first-order chi connectivity index (χ1) is 16.5. The molecule has 0 heteroatoms. The van der Waals surface area contributed by atoms with Gasteiger partial charge in [-0.3, -0.25) is 0 Å². The lowest BCUT2D eigenvalue weighted by Crippen LogP contribution is -2.26. The second-order valence-corrected chi connectivity index (χ2v) is 20.4. The fourth-order valence-electron chi connectivity index (χ4n) is 6.39. The van der Waals surface area contributed by atoms with Gasteiger partial charge in [0.1, 0.15) is 0 Å². The lowest BCUT2D eigenvalue weighted by atomic mass is 9.69. The molecule has 0 saturated heterocycles. The van der Waals surface area contributed by atoms with E-state index in [9.17, 15) is 0 Å². The zero-order valence-corrected chi connectivity index (χ0v) is 30.6. The van der Waals surface area contributed by atoms with Crippen LogP contribution in [0.25, 0.3) is 0 Å². The lowest BCUT2D eigenvalue weighted by molar-refractivity contribution is 0.141. The Bertz CT molecular complexity index is 611. The largest absolute Gasteiger partial charge is 0.0651 e. The van der Waals surface area contributed by atoms with E-state index in [1.54, 1.807) is 0 Å². The van der Waals surface area contributed by atoms with E-state index in [0.717, 1.165) is 11.3 Å². The SMILES string of the molecule is CC(C)(C)CC1(C(C)(C)C)CC1.CC(C)(C)CC1(C(C)(C)C)CC1.CC(C)(C)CC1(C)CC1.CCC(C)C. The minimum absolute atomic E-state index is 0.504. The maximum atomic E-state index is 2.40. The Morgan fingerprint density at radius 1 is 0.474 bits per heavy atom. The molecule has 0 atom stereocenters. The van der Waals surface area contributed by atoms with Gasteiger partial charge in [-0.2, -0.15) is 0 Å². The van der Waals surface area contributed by atoms with E-state index in [-0.39, 0.29) is 0 Å². The van der Waals surface area contributed by atoms with Crippen molar-refractivity contribution in [3.05, 3.63) is 0 Å². The third-order valence-corrected chi connectivity index (χ3v) is 9.50. The molecule has 0 N–H and O–H groups in total. The summed E-state index contributed by atoms with van der Waals surface area (Å²) in [4.78, 5) is 0. The van der Waals surface area contributed by atoms with Crippen molar-refractivity contribution in [2.45, 2.75) is 196 Å². The van der Waals surface area contributed by atoms with Crippen molar-refractivity contribution in [1.82, 2.24) is 0 Å². The van der Waals surface area contributed by atoms with Crippen LogP contribution in [0.15, 0.2) is 0 Å². The van der Waals surface area contributed by atoms with Gasteiger partial charge in [0.15, 0.2) is 0 Å². The molecule has 3 fully saturated rings. The zero-order valence-electron chi connectivity index (χ0n) is 30.6. The van der Waals surface area contributed by atoms with E-state index < -0.39 is 0 Å². The molecule has 0 radical (unpaired) electrons. The standard InChI is InChI=1S/2C12H24.C9H18.C5H12/c2*1-10(2,3)9-12(7-8-12)11(4,5)6;1-8(2,3)7-9(4)5-6-9;1-4-5(2)3/h2*7-9H2,1-6H3;5-7H2,1-4H3;5H,4H2,1-3H3. The van der Waals surface area contributed by atoms with E-state index in [2.05, 4.69) is 132 Å². The summed E-state index contributed by atoms with van der Waals surface area (Å²) in [6.45, 7) is 44.6. The molecule has 0 aliphatic heterocycles. The summed E-state index contributed by atoms with van der Waals surface area (Å²) >= 11 is 0. The first-order valence-corrected chi connectivity index (χ1v) is 16.5. The van der Waals surface area contributed by atoms with E-state index in [1.807, 2.05) is 0 Å². The van der Waals surface area contributed by atoms with Gasteiger partial charge >= 0.3 is 0 Å². The normalized spacial score (nSPS) is 21.2. The topological polar surface area (TPSA) is 0 Å². The van der Waals surface area contributed by atoms with Crippen molar-refractivity contribution in [3.63, 3.8) is 0 Å². The highest BCUT2D eigenvalue weighted by Gasteiger charge is 2.53. The summed E-state index contributed by atoms with van der Waals surface area (Å²) in [7, 11) is 0. The number of rotatable bonds is 4. The average molecular weight is 535 g/mol. The van der Waals surface area contributed by atoms with Crippen LogP contribution in [0.4, 0.5) is 0 Å². The van der Waals surface area contributed by atoms with Crippen LogP contribution in [0, 0.1) is 49.2 Å². The van der Waals surface area contributed by atoms with Crippen molar-refractivity contribution in [1.29, 1.82) is 0 Å². The molecule has 3 rings (SSSR count). The summed E-state index contributed by atoms with van der Waals surface area (Å²) in [5.41, 5.74) is 4.66. The predicted octanol–water partition coefficient (Wildman–Crippen LogP) is 13.8. The summed E-state index contributed by atoms with van der Waals surface area (Å²) in [5, 5.41) is 0. The van der Waals surface area contributed by atoms with Crippen LogP contribution in [0.2, 0.25) is 0 Å². The lowest BCUT2D eigenvalue weighted by Gasteiger charge is -2.36. The molecule has 0 aromatic heterocycles. The Hall–Kier alpha value is 0. The van der Waals surface area contributed by atoms with Gasteiger partial charge in [-0.15, -0.1) is 0 Å². The van der Waals surface area contributed by atoms with E-state index in [1.165, 1.54) is 64.2 Å². The maximum Gasteiger partial charge on any atom is -0.0243 e. The maximum absolute atomic E-state index is 2.40. The molecule has 0 amide bonds. The quantitative estimate of drug-likeness (QED) is 0.336. The molecule has 3 aliphatic rings. The Morgan fingerprint density at radius 3 is 0.763 bits per heavy atom. The third-order valence-electron chi connectivity index (χ3n) is 9.50. The van der Waals surface area contributed by atoms with Crippen molar-refractivity contribution in [2.24, 2.45) is 49.2 Å². The Morgan fingerprint density at radius 2 is 0.711 bits per heavy atom. The summed E-state index contributed by atoms with van der Waals surface area (Å²) in [6.07, 6.45) is 14.2. The fraction of sp³-hybridized carbons (Fsp3) is 1.00. The van der Waals surface area contributed by atoms with Gasteiger partial charge in [-0.25, -0.2) is 0 Å². The summed E-state index contributed by atoms with van der Waals surface area (Å²) < 4.78 is 0. The Kier molecular flexibility index (Phi) is 12.9. The monoisotopic (exact) mass is 535 g/mol. The summed E-state index contributed by atoms with van der Waals surface area (Å²) in [5.74, 6) is 0.884. The Labute approximate surface area is 244 Å². The minimum Gasteiger partial charge on any atom is -0.0651 e. The highest BCUT2D eigenvalue weighted by atomic mass is 14.6.